The van der Waals surface area contributed by atoms with E-state index in [-0.39, 0.29) is 5.91 Å². The minimum absolute atomic E-state index is 0.162. The Balaban J connectivity index is 2.25. The number of amides is 1. The summed E-state index contributed by atoms with van der Waals surface area (Å²) in [6.45, 7) is 4.80. The molecular formula is C14H24N2O2. The maximum Gasteiger partial charge on any atom is 0.240 e. The van der Waals surface area contributed by atoms with E-state index < -0.39 is 5.41 Å². The van der Waals surface area contributed by atoms with Gasteiger partial charge in [-0.25, -0.2) is 0 Å². The highest BCUT2D eigenvalue weighted by atomic mass is 16.5. The number of hydrogen-bond acceptors (Lipinski definition) is 3. The minimum atomic E-state index is -0.868. The minimum Gasteiger partial charge on any atom is -0.376 e. The average molecular weight is 252 g/mol. The molecule has 0 saturated heterocycles. The van der Waals surface area contributed by atoms with E-state index in [1.165, 1.54) is 12.8 Å². The Morgan fingerprint density at radius 3 is 2.50 bits per heavy atom. The highest BCUT2D eigenvalue weighted by Crippen LogP contribution is 2.25. The molecule has 0 aromatic rings. The van der Waals surface area contributed by atoms with E-state index >= 15 is 0 Å². The number of nitrogens with zero attached hydrogens (tertiary/aromatic N) is 1. The molecule has 0 heterocycles. The standard InChI is InChI=1S/C14H24N2O2/c1-3-14(4-2,11-15)13(17)16-9-10-18-12-7-5-6-8-12/h12H,3-10H2,1-2H3,(H,16,17). The molecular weight excluding hydrogens is 228 g/mol. The molecule has 1 N–H and O–H groups in total. The third kappa shape index (κ3) is 3.71. The number of rotatable bonds is 7. The Morgan fingerprint density at radius 1 is 1.39 bits per heavy atom. The molecule has 4 heteroatoms. The van der Waals surface area contributed by atoms with Crippen LogP contribution in [0.1, 0.15) is 52.4 Å². The molecule has 1 rings (SSSR count). The number of hydrogen-bond donors (Lipinski definition) is 1. The summed E-state index contributed by atoms with van der Waals surface area (Å²) >= 11 is 0. The van der Waals surface area contributed by atoms with Gasteiger partial charge in [-0.05, 0) is 25.7 Å². The van der Waals surface area contributed by atoms with Gasteiger partial charge in [0.05, 0.1) is 18.8 Å². The number of ether oxygens (including phenoxy) is 1. The van der Waals surface area contributed by atoms with E-state index in [0.29, 0.717) is 32.1 Å². The Hall–Kier alpha value is -1.08. The molecule has 0 unspecified atom stereocenters. The van der Waals surface area contributed by atoms with Gasteiger partial charge in [0.2, 0.25) is 5.91 Å². The molecule has 1 fully saturated rings. The summed E-state index contributed by atoms with van der Waals surface area (Å²) in [5.41, 5.74) is -0.868. The molecule has 0 aromatic carbocycles. The number of carbonyl (C=O) groups is 1. The van der Waals surface area contributed by atoms with Crippen molar-refractivity contribution < 1.29 is 9.53 Å². The third-order valence-corrected chi connectivity index (χ3v) is 3.90. The highest BCUT2D eigenvalue weighted by Gasteiger charge is 2.34. The summed E-state index contributed by atoms with van der Waals surface area (Å²) in [5.74, 6) is -0.162. The SMILES string of the molecule is CCC(C#N)(CC)C(=O)NCCOC1CCCC1. The summed E-state index contributed by atoms with van der Waals surface area (Å²) < 4.78 is 5.67. The van der Waals surface area contributed by atoms with Crippen LogP contribution in [0.25, 0.3) is 0 Å². The Morgan fingerprint density at radius 2 is 2.00 bits per heavy atom. The van der Waals surface area contributed by atoms with Crippen LogP contribution in [0.5, 0.6) is 0 Å². The lowest BCUT2D eigenvalue weighted by atomic mass is 9.83. The van der Waals surface area contributed by atoms with Crippen LogP contribution in [0, 0.1) is 16.7 Å². The van der Waals surface area contributed by atoms with Crippen molar-refractivity contribution in [1.82, 2.24) is 5.32 Å². The Kier molecular flexibility index (Phi) is 6.14. The molecule has 1 amide bonds. The van der Waals surface area contributed by atoms with Gasteiger partial charge in [0.15, 0.2) is 0 Å². The summed E-state index contributed by atoms with van der Waals surface area (Å²) in [4.78, 5) is 12.0. The van der Waals surface area contributed by atoms with Crippen molar-refractivity contribution >= 4 is 5.91 Å². The Bertz CT molecular complexity index is 299. The molecule has 0 spiro atoms. The second kappa shape index (κ2) is 7.38. The van der Waals surface area contributed by atoms with Gasteiger partial charge < -0.3 is 10.1 Å². The first-order valence-electron chi connectivity index (χ1n) is 6.99. The van der Waals surface area contributed by atoms with Gasteiger partial charge in [0.25, 0.3) is 0 Å². The van der Waals surface area contributed by atoms with Gasteiger partial charge in [0, 0.05) is 6.54 Å². The molecule has 18 heavy (non-hydrogen) atoms. The van der Waals surface area contributed by atoms with E-state index in [4.69, 9.17) is 10.00 Å². The van der Waals surface area contributed by atoms with Gasteiger partial charge in [0.1, 0.15) is 5.41 Å². The van der Waals surface area contributed by atoms with Gasteiger partial charge in [-0.2, -0.15) is 5.26 Å². The first-order chi connectivity index (χ1) is 8.68. The lowest BCUT2D eigenvalue weighted by Crippen LogP contribution is -2.41. The zero-order valence-electron chi connectivity index (χ0n) is 11.5. The van der Waals surface area contributed by atoms with Crippen LogP contribution in [-0.2, 0) is 9.53 Å². The number of nitrogens with one attached hydrogen (secondary N) is 1. The van der Waals surface area contributed by atoms with Gasteiger partial charge >= 0.3 is 0 Å². The summed E-state index contributed by atoms with van der Waals surface area (Å²) in [6.07, 6.45) is 6.26. The molecule has 1 aliphatic rings. The first kappa shape index (κ1) is 15.0. The predicted octanol–water partition coefficient (Wildman–Crippen LogP) is 2.39. The quantitative estimate of drug-likeness (QED) is 0.708. The highest BCUT2D eigenvalue weighted by molar-refractivity contribution is 5.85. The van der Waals surface area contributed by atoms with Crippen LogP contribution in [0.15, 0.2) is 0 Å². The van der Waals surface area contributed by atoms with Crippen molar-refractivity contribution in [3.63, 3.8) is 0 Å². The second-order valence-corrected chi connectivity index (χ2v) is 4.93. The molecule has 0 radical (unpaired) electrons. The fourth-order valence-electron chi connectivity index (χ4n) is 2.39. The van der Waals surface area contributed by atoms with Crippen molar-refractivity contribution in [1.29, 1.82) is 5.26 Å². The summed E-state index contributed by atoms with van der Waals surface area (Å²) in [5, 5.41) is 11.9. The van der Waals surface area contributed by atoms with Crippen molar-refractivity contribution in [2.75, 3.05) is 13.2 Å². The topological polar surface area (TPSA) is 62.1 Å². The number of carbonyl (C=O) groups excluding carboxylic acids is 1. The van der Waals surface area contributed by atoms with Crippen molar-refractivity contribution in [2.24, 2.45) is 5.41 Å². The van der Waals surface area contributed by atoms with E-state index in [1.807, 2.05) is 13.8 Å². The van der Waals surface area contributed by atoms with Crippen molar-refractivity contribution in [3.05, 3.63) is 0 Å². The van der Waals surface area contributed by atoms with Crippen LogP contribution < -0.4 is 5.32 Å². The number of nitriles is 1. The monoisotopic (exact) mass is 252 g/mol. The van der Waals surface area contributed by atoms with Crippen LogP contribution in [0.3, 0.4) is 0 Å². The van der Waals surface area contributed by atoms with E-state index in [9.17, 15) is 4.79 Å². The second-order valence-electron chi connectivity index (χ2n) is 4.93. The third-order valence-electron chi connectivity index (χ3n) is 3.90. The van der Waals surface area contributed by atoms with Crippen molar-refractivity contribution in [3.8, 4) is 6.07 Å². The molecule has 0 aromatic heterocycles. The summed E-state index contributed by atoms with van der Waals surface area (Å²) in [7, 11) is 0. The zero-order valence-corrected chi connectivity index (χ0v) is 11.5. The normalized spacial score (nSPS) is 16.5. The maximum atomic E-state index is 12.0. The molecule has 0 aliphatic heterocycles. The fourth-order valence-corrected chi connectivity index (χ4v) is 2.39. The molecule has 4 nitrogen and oxygen atoms in total. The van der Waals surface area contributed by atoms with Gasteiger partial charge in [-0.15, -0.1) is 0 Å². The summed E-state index contributed by atoms with van der Waals surface area (Å²) in [6, 6.07) is 2.14. The van der Waals surface area contributed by atoms with Gasteiger partial charge in [-0.3, -0.25) is 4.79 Å². The van der Waals surface area contributed by atoms with Crippen molar-refractivity contribution in [2.45, 2.75) is 58.5 Å². The van der Waals surface area contributed by atoms with E-state index in [2.05, 4.69) is 11.4 Å². The smallest absolute Gasteiger partial charge is 0.240 e. The van der Waals surface area contributed by atoms with Crippen LogP contribution in [0.4, 0.5) is 0 Å². The molecule has 1 saturated carbocycles. The zero-order chi connectivity index (χ0) is 13.4. The van der Waals surface area contributed by atoms with E-state index in [1.54, 1.807) is 0 Å². The largest absolute Gasteiger partial charge is 0.376 e. The van der Waals surface area contributed by atoms with Gasteiger partial charge in [-0.1, -0.05) is 26.7 Å². The van der Waals surface area contributed by atoms with Crippen LogP contribution in [-0.4, -0.2) is 25.2 Å². The fraction of sp³-hybridized carbons (Fsp3) is 0.857. The molecule has 1 aliphatic carbocycles. The molecule has 0 atom stereocenters. The maximum absolute atomic E-state index is 12.0. The Labute approximate surface area is 110 Å². The predicted molar refractivity (Wildman–Crippen MR) is 69.8 cm³/mol. The average Bonchev–Trinajstić information content (AvgIpc) is 2.90. The van der Waals surface area contributed by atoms with Crippen LogP contribution >= 0.6 is 0 Å². The molecule has 0 bridgehead atoms. The first-order valence-corrected chi connectivity index (χ1v) is 6.99. The van der Waals surface area contributed by atoms with Crippen LogP contribution in [0.2, 0.25) is 0 Å². The molecule has 102 valence electrons. The lowest BCUT2D eigenvalue weighted by molar-refractivity contribution is -0.128. The lowest BCUT2D eigenvalue weighted by Gasteiger charge is -2.22. The van der Waals surface area contributed by atoms with E-state index in [0.717, 1.165) is 12.8 Å².